The molecule has 3 atom stereocenters. The lowest BCUT2D eigenvalue weighted by Crippen LogP contribution is -2.62. The molecule has 2 N–H and O–H groups in total. The largest absolute Gasteiger partial charge is 0.481 e. The van der Waals surface area contributed by atoms with Crippen molar-refractivity contribution < 1.29 is 28.2 Å². The van der Waals surface area contributed by atoms with Gasteiger partial charge in [0, 0.05) is 30.8 Å². The van der Waals surface area contributed by atoms with E-state index >= 15 is 0 Å². The molecule has 0 spiro atoms. The van der Waals surface area contributed by atoms with Crippen molar-refractivity contribution >= 4 is 29.5 Å². The van der Waals surface area contributed by atoms with Crippen LogP contribution in [-0.2, 0) is 9.53 Å². The molecule has 1 aliphatic heterocycles. The van der Waals surface area contributed by atoms with Gasteiger partial charge in [-0.25, -0.2) is 4.98 Å². The molecule has 4 bridgehead atoms. The number of thioether (sulfide) groups is 1. The van der Waals surface area contributed by atoms with Gasteiger partial charge in [-0.05, 0) is 87.2 Å². The number of nitrogens with zero attached hydrogens (tertiary/aromatic N) is 2. The van der Waals surface area contributed by atoms with E-state index in [9.17, 15) is 23.5 Å². The van der Waals surface area contributed by atoms with Gasteiger partial charge in [0.2, 0.25) is 0 Å². The van der Waals surface area contributed by atoms with Crippen molar-refractivity contribution in [2.45, 2.75) is 99.2 Å². The standard InChI is InChI=1S/C28H37F2N3O4S/c29-27(30)37-28-12-17-9-18(13-28)24(19(10-17)14-28)32-25(36)21-5-6-22(31-26(21)38-20-3-1-2-4-20)33-8-7-16(15-33)11-23(34)35/h5-6,16-20,24,27H,1-4,7-15H2,(H,32,36)(H,34,35)/t16-,17?,18?,19?,24-,28+/m0/s1. The SMILES string of the molecule is O=C(O)C[C@@H]1CCN(c2ccc(C(=O)N[C@H]3C4CC5CC3C[C@@](OC(F)F)(C5)C4)c(SC3CCCC3)n2)C1. The number of nitrogens with one attached hydrogen (secondary N) is 1. The second-order valence-electron chi connectivity index (χ2n) is 12.3. The number of alkyl halides is 2. The first-order chi connectivity index (χ1) is 18.3. The first-order valence-corrected chi connectivity index (χ1v) is 15.1. The molecule has 1 aromatic heterocycles. The molecule has 1 aromatic rings. The molecule has 0 radical (unpaired) electrons. The molecule has 6 fully saturated rings. The third kappa shape index (κ3) is 5.40. The van der Waals surface area contributed by atoms with Gasteiger partial charge in [-0.15, -0.1) is 11.8 Å². The average molecular weight is 550 g/mol. The predicted molar refractivity (Wildman–Crippen MR) is 140 cm³/mol. The Kier molecular flexibility index (Phi) is 7.31. The minimum Gasteiger partial charge on any atom is -0.481 e. The molecular formula is C28H37F2N3O4S. The summed E-state index contributed by atoms with van der Waals surface area (Å²) in [6, 6.07) is 3.74. The molecule has 1 saturated heterocycles. The number of aromatic nitrogens is 1. The topological polar surface area (TPSA) is 91.8 Å². The number of anilines is 1. The van der Waals surface area contributed by atoms with E-state index in [4.69, 9.17) is 9.72 Å². The molecule has 2 heterocycles. The number of pyridine rings is 1. The van der Waals surface area contributed by atoms with Crippen molar-refractivity contribution in [1.82, 2.24) is 10.3 Å². The second-order valence-corrected chi connectivity index (χ2v) is 13.6. The number of hydrogen-bond acceptors (Lipinski definition) is 6. The minimum absolute atomic E-state index is 0.0205. The lowest BCUT2D eigenvalue weighted by molar-refractivity contribution is -0.260. The van der Waals surface area contributed by atoms with Crippen LogP contribution in [0.15, 0.2) is 17.2 Å². The van der Waals surface area contributed by atoms with E-state index in [0.717, 1.165) is 49.5 Å². The fraction of sp³-hybridized carbons (Fsp3) is 0.750. The van der Waals surface area contributed by atoms with Gasteiger partial charge in [-0.3, -0.25) is 9.59 Å². The Morgan fingerprint density at radius 1 is 1.16 bits per heavy atom. The van der Waals surface area contributed by atoms with Crippen LogP contribution >= 0.6 is 11.8 Å². The van der Waals surface area contributed by atoms with Crippen molar-refractivity contribution in [3.63, 3.8) is 0 Å². The third-order valence-electron chi connectivity index (χ3n) is 9.60. The fourth-order valence-electron chi connectivity index (χ4n) is 8.24. The van der Waals surface area contributed by atoms with Crippen molar-refractivity contribution in [3.8, 4) is 0 Å². The van der Waals surface area contributed by atoms with Gasteiger partial charge in [0.1, 0.15) is 10.8 Å². The first-order valence-electron chi connectivity index (χ1n) is 14.2. The highest BCUT2D eigenvalue weighted by atomic mass is 32.2. The van der Waals surface area contributed by atoms with Crippen LogP contribution < -0.4 is 10.2 Å². The Bertz CT molecular complexity index is 1050. The van der Waals surface area contributed by atoms with Crippen molar-refractivity contribution in [1.29, 1.82) is 0 Å². The summed E-state index contributed by atoms with van der Waals surface area (Å²) < 4.78 is 31.5. The Labute approximate surface area is 226 Å². The monoisotopic (exact) mass is 549 g/mol. The van der Waals surface area contributed by atoms with Crippen LogP contribution in [0.3, 0.4) is 0 Å². The van der Waals surface area contributed by atoms with Crippen molar-refractivity contribution in [2.75, 3.05) is 18.0 Å². The van der Waals surface area contributed by atoms with E-state index in [0.29, 0.717) is 42.5 Å². The molecule has 2 unspecified atom stereocenters. The fourth-order valence-corrected chi connectivity index (χ4v) is 9.55. The summed E-state index contributed by atoms with van der Waals surface area (Å²) in [5, 5.41) is 13.7. The maximum absolute atomic E-state index is 13.7. The Morgan fingerprint density at radius 3 is 2.58 bits per heavy atom. The van der Waals surface area contributed by atoms with Crippen LogP contribution in [0.1, 0.15) is 81.0 Å². The van der Waals surface area contributed by atoms with Crippen molar-refractivity contribution in [3.05, 3.63) is 17.7 Å². The number of ether oxygens (including phenoxy) is 1. The first kappa shape index (κ1) is 26.3. The molecule has 5 saturated carbocycles. The third-order valence-corrected chi connectivity index (χ3v) is 10.9. The Hall–Kier alpha value is -1.94. The van der Waals surface area contributed by atoms with Gasteiger partial charge in [0.15, 0.2) is 0 Å². The van der Waals surface area contributed by atoms with Crippen LogP contribution in [0.25, 0.3) is 0 Å². The molecule has 208 valence electrons. The molecule has 6 aliphatic rings. The zero-order valence-corrected chi connectivity index (χ0v) is 22.4. The number of carbonyl (C=O) groups excluding carboxylic acids is 1. The minimum atomic E-state index is -2.76. The molecular weight excluding hydrogens is 512 g/mol. The van der Waals surface area contributed by atoms with Gasteiger partial charge in [-0.2, -0.15) is 8.78 Å². The molecule has 10 heteroatoms. The number of carbonyl (C=O) groups is 2. The van der Waals surface area contributed by atoms with Crippen molar-refractivity contribution in [2.24, 2.45) is 23.7 Å². The summed E-state index contributed by atoms with van der Waals surface area (Å²) in [6.45, 7) is -1.33. The number of aliphatic carboxylic acids is 1. The Balaban J connectivity index is 1.19. The number of amides is 1. The highest BCUT2D eigenvalue weighted by molar-refractivity contribution is 7.99. The molecule has 1 amide bonds. The van der Waals surface area contributed by atoms with E-state index in [2.05, 4.69) is 10.2 Å². The van der Waals surface area contributed by atoms with Gasteiger partial charge >= 0.3 is 12.6 Å². The van der Waals surface area contributed by atoms with Gasteiger partial charge in [0.05, 0.1) is 11.2 Å². The summed E-state index contributed by atoms with van der Waals surface area (Å²) in [5.74, 6) is 0.741. The number of halogens is 2. The molecule has 5 aliphatic carbocycles. The molecule has 0 aromatic carbocycles. The average Bonchev–Trinajstić information content (AvgIpc) is 3.52. The normalized spacial score (nSPS) is 34.4. The predicted octanol–water partition coefficient (Wildman–Crippen LogP) is 5.33. The number of rotatable bonds is 9. The van der Waals surface area contributed by atoms with Crippen LogP contribution in [0.5, 0.6) is 0 Å². The highest BCUT2D eigenvalue weighted by Gasteiger charge is 2.57. The lowest BCUT2D eigenvalue weighted by atomic mass is 9.52. The number of carboxylic acids is 1. The Morgan fingerprint density at radius 2 is 1.89 bits per heavy atom. The summed E-state index contributed by atoms with van der Waals surface area (Å²) in [5.41, 5.74) is -0.147. The maximum atomic E-state index is 13.7. The van der Waals surface area contributed by atoms with Crippen LogP contribution in [-0.4, -0.2) is 58.6 Å². The maximum Gasteiger partial charge on any atom is 0.345 e. The quantitative estimate of drug-likeness (QED) is 0.430. The molecule has 38 heavy (non-hydrogen) atoms. The lowest BCUT2D eigenvalue weighted by Gasteiger charge is -2.59. The summed E-state index contributed by atoms with van der Waals surface area (Å²) >= 11 is 1.69. The zero-order valence-electron chi connectivity index (χ0n) is 21.6. The number of hydrogen-bond donors (Lipinski definition) is 2. The van der Waals surface area contributed by atoms with E-state index in [1.54, 1.807) is 11.8 Å². The van der Waals surface area contributed by atoms with Crippen LogP contribution in [0, 0.1) is 23.7 Å². The summed E-state index contributed by atoms with van der Waals surface area (Å²) in [4.78, 5) is 32.0. The van der Waals surface area contributed by atoms with E-state index in [1.807, 2.05) is 12.1 Å². The summed E-state index contributed by atoms with van der Waals surface area (Å²) in [6.07, 6.45) is 9.40. The zero-order chi connectivity index (χ0) is 26.4. The van der Waals surface area contributed by atoms with Crippen LogP contribution in [0.2, 0.25) is 0 Å². The van der Waals surface area contributed by atoms with E-state index < -0.39 is 18.2 Å². The smallest absolute Gasteiger partial charge is 0.345 e. The summed E-state index contributed by atoms with van der Waals surface area (Å²) in [7, 11) is 0. The van der Waals surface area contributed by atoms with Crippen LogP contribution in [0.4, 0.5) is 14.6 Å². The van der Waals surface area contributed by atoms with E-state index in [-0.39, 0.29) is 36.1 Å². The molecule has 7 rings (SSSR count). The van der Waals surface area contributed by atoms with E-state index in [1.165, 1.54) is 12.8 Å². The van der Waals surface area contributed by atoms with Gasteiger partial charge in [-0.1, -0.05) is 12.8 Å². The van der Waals surface area contributed by atoms with Gasteiger partial charge < -0.3 is 20.1 Å². The van der Waals surface area contributed by atoms with Gasteiger partial charge in [0.25, 0.3) is 5.91 Å². The number of carboxylic acid groups (broad SMARTS) is 1. The second kappa shape index (κ2) is 10.6. The molecule has 7 nitrogen and oxygen atoms in total. The highest BCUT2D eigenvalue weighted by Crippen LogP contribution is 2.57.